The molecular weight excluding hydrogens is 338 g/mol. The van der Waals surface area contributed by atoms with E-state index in [1.165, 1.54) is 35.4 Å². The van der Waals surface area contributed by atoms with Gasteiger partial charge in [-0.15, -0.1) is 0 Å². The van der Waals surface area contributed by atoms with Crippen LogP contribution >= 0.6 is 15.9 Å². The molecule has 1 aromatic rings. The fourth-order valence-electron chi connectivity index (χ4n) is 4.13. The van der Waals surface area contributed by atoms with E-state index < -0.39 is 0 Å². The zero-order valence-electron chi connectivity index (χ0n) is 12.6. The summed E-state index contributed by atoms with van der Waals surface area (Å²) in [4.78, 5) is 12.6. The lowest BCUT2D eigenvalue weighted by atomic mass is 9.72. The molecule has 3 heteroatoms. The van der Waals surface area contributed by atoms with Crippen LogP contribution in [-0.2, 0) is 4.79 Å². The Bertz CT molecular complexity index is 701. The fourth-order valence-corrected chi connectivity index (χ4v) is 4.55. The lowest BCUT2D eigenvalue weighted by Gasteiger charge is -2.38. The molecule has 1 unspecified atom stereocenters. The number of hydrogen-bond acceptors (Lipinski definition) is 2. The average Bonchev–Trinajstić information content (AvgIpc) is 2.53. The summed E-state index contributed by atoms with van der Waals surface area (Å²) in [5.74, 6) is 0.521. The third-order valence-corrected chi connectivity index (χ3v) is 5.58. The van der Waals surface area contributed by atoms with Crippen LogP contribution < -0.4 is 5.32 Å². The predicted molar refractivity (Wildman–Crippen MR) is 91.4 cm³/mol. The van der Waals surface area contributed by atoms with E-state index in [2.05, 4.69) is 45.5 Å². The molecule has 0 radical (unpaired) electrons. The topological polar surface area (TPSA) is 29.1 Å². The van der Waals surface area contributed by atoms with E-state index in [1.807, 2.05) is 0 Å². The van der Waals surface area contributed by atoms with Gasteiger partial charge in [-0.05, 0) is 61.8 Å². The smallest absolute Gasteiger partial charge is 0.161 e. The van der Waals surface area contributed by atoms with E-state index in [0.717, 1.165) is 35.7 Å². The summed E-state index contributed by atoms with van der Waals surface area (Å²) < 4.78 is 1.09. The Morgan fingerprint density at radius 3 is 2.68 bits per heavy atom. The molecule has 0 fully saturated rings. The molecule has 1 aliphatic heterocycles. The minimum atomic E-state index is 0.178. The van der Waals surface area contributed by atoms with Gasteiger partial charge in [-0.2, -0.15) is 0 Å². The molecular formula is C19H20BrNO. The van der Waals surface area contributed by atoms with Crippen molar-refractivity contribution in [2.24, 2.45) is 0 Å². The summed E-state index contributed by atoms with van der Waals surface area (Å²) in [5.41, 5.74) is 6.35. The molecule has 4 rings (SSSR count). The highest BCUT2D eigenvalue weighted by Gasteiger charge is 2.36. The van der Waals surface area contributed by atoms with Crippen LogP contribution in [0, 0.1) is 0 Å². The molecule has 2 aliphatic carbocycles. The van der Waals surface area contributed by atoms with Crippen molar-refractivity contribution in [1.29, 1.82) is 0 Å². The van der Waals surface area contributed by atoms with Gasteiger partial charge in [0.2, 0.25) is 0 Å². The predicted octanol–water partition coefficient (Wildman–Crippen LogP) is 4.97. The SMILES string of the molecule is O=C1CCCC2=C1C(c1cccc(Br)c1)C1=C(CCCC1)N2. The van der Waals surface area contributed by atoms with E-state index in [0.29, 0.717) is 12.2 Å². The van der Waals surface area contributed by atoms with Crippen molar-refractivity contribution >= 4 is 21.7 Å². The molecule has 2 nitrogen and oxygen atoms in total. The first-order valence-electron chi connectivity index (χ1n) is 8.24. The minimum absolute atomic E-state index is 0.178. The summed E-state index contributed by atoms with van der Waals surface area (Å²) in [6.07, 6.45) is 7.44. The van der Waals surface area contributed by atoms with Crippen molar-refractivity contribution in [3.8, 4) is 0 Å². The number of Topliss-reactive ketones (excluding diaryl/α,β-unsaturated/α-hetero) is 1. The Balaban J connectivity index is 1.88. The summed E-state index contributed by atoms with van der Waals surface area (Å²) in [6, 6.07) is 8.49. The van der Waals surface area contributed by atoms with E-state index >= 15 is 0 Å². The largest absolute Gasteiger partial charge is 0.362 e. The third-order valence-electron chi connectivity index (χ3n) is 5.09. The van der Waals surface area contributed by atoms with Crippen LogP contribution in [-0.4, -0.2) is 5.78 Å². The zero-order valence-corrected chi connectivity index (χ0v) is 14.2. The van der Waals surface area contributed by atoms with E-state index in [1.54, 1.807) is 0 Å². The van der Waals surface area contributed by atoms with Gasteiger partial charge in [0, 0.05) is 33.8 Å². The fraction of sp³-hybridized carbons (Fsp3) is 0.421. The number of hydrogen-bond donors (Lipinski definition) is 1. The third kappa shape index (κ3) is 2.36. The second kappa shape index (κ2) is 5.69. The van der Waals surface area contributed by atoms with E-state index in [-0.39, 0.29) is 5.92 Å². The molecule has 0 bridgehead atoms. The average molecular weight is 358 g/mol. The van der Waals surface area contributed by atoms with Crippen LogP contribution in [0.5, 0.6) is 0 Å². The van der Waals surface area contributed by atoms with Gasteiger partial charge in [-0.25, -0.2) is 0 Å². The van der Waals surface area contributed by atoms with Crippen LogP contribution in [0.15, 0.2) is 51.3 Å². The molecule has 1 atom stereocenters. The Kier molecular flexibility index (Phi) is 3.69. The quantitative estimate of drug-likeness (QED) is 0.768. The summed E-state index contributed by atoms with van der Waals surface area (Å²) >= 11 is 3.59. The highest BCUT2D eigenvalue weighted by atomic mass is 79.9. The number of benzene rings is 1. The van der Waals surface area contributed by atoms with Crippen molar-refractivity contribution in [3.05, 3.63) is 56.8 Å². The first kappa shape index (κ1) is 14.3. The number of allylic oxidation sites excluding steroid dienone is 4. The van der Waals surface area contributed by atoms with Gasteiger partial charge in [0.1, 0.15) is 0 Å². The first-order chi connectivity index (χ1) is 10.7. The van der Waals surface area contributed by atoms with Crippen molar-refractivity contribution < 1.29 is 4.79 Å². The monoisotopic (exact) mass is 357 g/mol. The minimum Gasteiger partial charge on any atom is -0.362 e. The van der Waals surface area contributed by atoms with Crippen LogP contribution in [0.25, 0.3) is 0 Å². The van der Waals surface area contributed by atoms with Gasteiger partial charge >= 0.3 is 0 Å². The lowest BCUT2D eigenvalue weighted by Crippen LogP contribution is -2.33. The Morgan fingerprint density at radius 2 is 1.82 bits per heavy atom. The lowest BCUT2D eigenvalue weighted by molar-refractivity contribution is -0.116. The molecule has 0 saturated carbocycles. The van der Waals surface area contributed by atoms with E-state index in [9.17, 15) is 4.79 Å². The molecule has 1 heterocycles. The number of dihydropyridines is 1. The first-order valence-corrected chi connectivity index (χ1v) is 9.04. The maximum absolute atomic E-state index is 12.6. The molecule has 0 saturated heterocycles. The zero-order chi connectivity index (χ0) is 15.1. The van der Waals surface area contributed by atoms with Crippen molar-refractivity contribution in [2.75, 3.05) is 0 Å². The molecule has 22 heavy (non-hydrogen) atoms. The molecule has 3 aliphatic rings. The summed E-state index contributed by atoms with van der Waals surface area (Å²) in [7, 11) is 0. The maximum atomic E-state index is 12.6. The van der Waals surface area contributed by atoms with Crippen LogP contribution in [0.2, 0.25) is 0 Å². The van der Waals surface area contributed by atoms with Gasteiger partial charge in [-0.3, -0.25) is 4.79 Å². The number of nitrogens with one attached hydrogen (secondary N) is 1. The second-order valence-electron chi connectivity index (χ2n) is 6.49. The molecule has 114 valence electrons. The van der Waals surface area contributed by atoms with Gasteiger partial charge in [0.05, 0.1) is 0 Å². The van der Waals surface area contributed by atoms with Crippen LogP contribution in [0.1, 0.15) is 56.4 Å². The Morgan fingerprint density at radius 1 is 1.00 bits per heavy atom. The van der Waals surface area contributed by atoms with Gasteiger partial charge < -0.3 is 5.32 Å². The van der Waals surface area contributed by atoms with Crippen molar-refractivity contribution in [1.82, 2.24) is 5.32 Å². The summed E-state index contributed by atoms with van der Waals surface area (Å²) in [5, 5.41) is 3.63. The van der Waals surface area contributed by atoms with Crippen molar-refractivity contribution in [3.63, 3.8) is 0 Å². The number of carbonyl (C=O) groups is 1. The highest BCUT2D eigenvalue weighted by Crippen LogP contribution is 2.46. The molecule has 1 N–H and O–H groups in total. The second-order valence-corrected chi connectivity index (χ2v) is 7.41. The van der Waals surface area contributed by atoms with Gasteiger partial charge in [0.15, 0.2) is 5.78 Å². The Hall–Kier alpha value is -1.35. The number of rotatable bonds is 1. The molecule has 0 amide bonds. The van der Waals surface area contributed by atoms with Crippen LogP contribution in [0.3, 0.4) is 0 Å². The maximum Gasteiger partial charge on any atom is 0.161 e. The summed E-state index contributed by atoms with van der Waals surface area (Å²) in [6.45, 7) is 0. The number of carbonyl (C=O) groups excluding carboxylic acids is 1. The standard InChI is InChI=1S/C19H20BrNO/c20-13-6-3-5-12(11-13)18-14-7-1-2-8-15(14)21-16-9-4-10-17(22)19(16)18/h3,5-6,11,18,21H,1-2,4,7-10H2. The van der Waals surface area contributed by atoms with Crippen molar-refractivity contribution in [2.45, 2.75) is 50.9 Å². The highest BCUT2D eigenvalue weighted by molar-refractivity contribution is 9.10. The van der Waals surface area contributed by atoms with Gasteiger partial charge in [0.25, 0.3) is 0 Å². The molecule has 1 aromatic carbocycles. The molecule has 0 spiro atoms. The van der Waals surface area contributed by atoms with Crippen LogP contribution in [0.4, 0.5) is 0 Å². The molecule has 0 aromatic heterocycles. The number of halogens is 1. The van der Waals surface area contributed by atoms with E-state index in [4.69, 9.17) is 0 Å². The normalized spacial score (nSPS) is 24.8. The Labute approximate surface area is 139 Å². The van der Waals surface area contributed by atoms with Gasteiger partial charge in [-0.1, -0.05) is 28.1 Å². The number of ketones is 1.